The van der Waals surface area contributed by atoms with Crippen LogP contribution in [-0.4, -0.2) is 22.9 Å². The number of hydrogen-bond acceptors (Lipinski definition) is 4. The van der Waals surface area contributed by atoms with E-state index in [-0.39, 0.29) is 29.1 Å². The van der Waals surface area contributed by atoms with Crippen molar-refractivity contribution in [2.24, 2.45) is 5.92 Å². The molecule has 9 heteroatoms. The Bertz CT molecular complexity index is 1390. The lowest BCUT2D eigenvalue weighted by Crippen LogP contribution is -2.30. The first-order valence-electron chi connectivity index (χ1n) is 11.2. The number of halogens is 3. The largest absolute Gasteiger partial charge is 0.505 e. The smallest absolute Gasteiger partial charge is 0.247 e. The van der Waals surface area contributed by atoms with Gasteiger partial charge in [0.15, 0.2) is 5.75 Å². The van der Waals surface area contributed by atoms with Crippen LogP contribution in [0.4, 0.5) is 4.39 Å². The summed E-state index contributed by atoms with van der Waals surface area (Å²) in [6.07, 6.45) is 7.84. The average molecular weight is 548 g/mol. The molecule has 1 aliphatic carbocycles. The van der Waals surface area contributed by atoms with E-state index in [4.69, 9.17) is 23.2 Å². The van der Waals surface area contributed by atoms with E-state index in [1.165, 1.54) is 30.3 Å². The topological polar surface area (TPSA) is 77.8 Å². The molecule has 2 atom stereocenters. The molecule has 36 heavy (non-hydrogen) atoms. The molecule has 0 saturated carbocycles. The molecular formula is C27H24Cl2FNO4S. The highest BCUT2D eigenvalue weighted by atomic mass is 35.5. The molecule has 0 amide bonds. The summed E-state index contributed by atoms with van der Waals surface area (Å²) in [5.74, 6) is -1.07. The van der Waals surface area contributed by atoms with Gasteiger partial charge in [-0.2, -0.15) is 4.31 Å². The quantitative estimate of drug-likeness (QED) is 0.342. The van der Waals surface area contributed by atoms with Gasteiger partial charge in [-0.3, -0.25) is 0 Å². The molecule has 5 nitrogen and oxygen atoms in total. The number of aliphatic hydroxyl groups is 1. The Morgan fingerprint density at radius 1 is 0.972 bits per heavy atom. The molecule has 0 heterocycles. The van der Waals surface area contributed by atoms with Gasteiger partial charge in [0.05, 0.1) is 11.1 Å². The van der Waals surface area contributed by atoms with Crippen molar-refractivity contribution in [3.63, 3.8) is 0 Å². The molecule has 188 valence electrons. The zero-order valence-corrected chi connectivity index (χ0v) is 21.4. The number of sulfonamides is 1. The zero-order chi connectivity index (χ0) is 25.9. The third kappa shape index (κ3) is 5.99. The highest BCUT2D eigenvalue weighted by Crippen LogP contribution is 2.37. The van der Waals surface area contributed by atoms with Crippen molar-refractivity contribution in [2.45, 2.75) is 30.5 Å². The lowest BCUT2D eigenvalue weighted by molar-refractivity contribution is 0.132. The molecule has 0 aliphatic heterocycles. The number of aromatic hydroxyl groups is 1. The molecule has 4 rings (SSSR count). The van der Waals surface area contributed by atoms with Gasteiger partial charge >= 0.3 is 0 Å². The van der Waals surface area contributed by atoms with Gasteiger partial charge in [-0.05, 0) is 47.4 Å². The van der Waals surface area contributed by atoms with Crippen molar-refractivity contribution < 1.29 is 23.0 Å². The number of rotatable bonds is 8. The standard InChI is InChI=1S/C27H24Cl2FNO4S/c28-22-14-24(29)27(33)25(15-22)36(34,35)31(17-19-8-12-23(30)13-9-19)16-18-6-10-21(11-7-18)26(32)20-4-2-1-3-5-20/h1-4,6-15,20,26,32-33H,5,16-17H2. The Hall–Kier alpha value is -2.68. The third-order valence-electron chi connectivity index (χ3n) is 5.98. The molecule has 2 unspecified atom stereocenters. The predicted octanol–water partition coefficient (Wildman–Crippen LogP) is 6.39. The molecular weight excluding hydrogens is 524 g/mol. The molecule has 0 bridgehead atoms. The van der Waals surface area contributed by atoms with Crippen molar-refractivity contribution in [1.82, 2.24) is 4.31 Å². The van der Waals surface area contributed by atoms with Crippen molar-refractivity contribution >= 4 is 33.2 Å². The number of hydrogen-bond donors (Lipinski definition) is 2. The maximum atomic E-state index is 13.6. The van der Waals surface area contributed by atoms with E-state index in [1.807, 2.05) is 24.3 Å². The first kappa shape index (κ1) is 26.4. The van der Waals surface area contributed by atoms with E-state index < -0.39 is 32.6 Å². The van der Waals surface area contributed by atoms with Crippen LogP contribution in [0.5, 0.6) is 5.75 Å². The summed E-state index contributed by atoms with van der Waals surface area (Å²) in [6.45, 7) is -0.137. The van der Waals surface area contributed by atoms with Crippen LogP contribution in [-0.2, 0) is 23.1 Å². The number of nitrogens with zero attached hydrogens (tertiary/aromatic N) is 1. The number of aliphatic hydroxyl groups excluding tert-OH is 1. The summed E-state index contributed by atoms with van der Waals surface area (Å²) >= 11 is 12.0. The van der Waals surface area contributed by atoms with E-state index in [2.05, 4.69) is 0 Å². The predicted molar refractivity (Wildman–Crippen MR) is 139 cm³/mol. The van der Waals surface area contributed by atoms with Gasteiger partial charge in [0.2, 0.25) is 10.0 Å². The van der Waals surface area contributed by atoms with E-state index >= 15 is 0 Å². The maximum absolute atomic E-state index is 13.6. The molecule has 0 spiro atoms. The van der Waals surface area contributed by atoms with Crippen molar-refractivity contribution in [3.05, 3.63) is 118 Å². The second-order valence-electron chi connectivity index (χ2n) is 8.53. The minimum absolute atomic E-state index is 0.0354. The molecule has 0 fully saturated rings. The summed E-state index contributed by atoms with van der Waals surface area (Å²) in [5, 5.41) is 21.0. The Balaban J connectivity index is 1.64. The lowest BCUT2D eigenvalue weighted by Gasteiger charge is -2.24. The molecule has 0 aromatic heterocycles. The SMILES string of the molecule is O=S(=O)(c1cc(Cl)cc(Cl)c1O)N(Cc1ccc(F)cc1)Cc1ccc(C(O)C2C=CC=CC2)cc1. The molecule has 0 radical (unpaired) electrons. The van der Waals surface area contributed by atoms with Crippen LogP contribution < -0.4 is 0 Å². The number of benzene rings is 3. The normalized spacial score (nSPS) is 16.4. The fourth-order valence-corrected chi connectivity index (χ4v) is 6.16. The Labute approximate surface area is 219 Å². The first-order chi connectivity index (χ1) is 17.1. The van der Waals surface area contributed by atoms with Crippen molar-refractivity contribution in [1.29, 1.82) is 0 Å². The van der Waals surface area contributed by atoms with Crippen LogP contribution in [0.3, 0.4) is 0 Å². The van der Waals surface area contributed by atoms with Crippen LogP contribution in [0.1, 0.15) is 29.2 Å². The van der Waals surface area contributed by atoms with Gasteiger partial charge in [-0.1, -0.05) is 83.9 Å². The third-order valence-corrected chi connectivity index (χ3v) is 8.29. The van der Waals surface area contributed by atoms with Gasteiger partial charge in [0.1, 0.15) is 10.7 Å². The average Bonchev–Trinajstić information content (AvgIpc) is 2.87. The maximum Gasteiger partial charge on any atom is 0.247 e. The number of phenolic OH excluding ortho intramolecular Hbond substituents is 1. The summed E-state index contributed by atoms with van der Waals surface area (Å²) in [4.78, 5) is -0.425. The van der Waals surface area contributed by atoms with E-state index in [0.29, 0.717) is 11.1 Å². The van der Waals surface area contributed by atoms with E-state index in [0.717, 1.165) is 22.4 Å². The van der Waals surface area contributed by atoms with Crippen LogP contribution in [0.25, 0.3) is 0 Å². The van der Waals surface area contributed by atoms with Crippen LogP contribution in [0, 0.1) is 11.7 Å². The second kappa shape index (κ2) is 11.2. The zero-order valence-electron chi connectivity index (χ0n) is 19.1. The summed E-state index contributed by atoms with van der Waals surface area (Å²) < 4.78 is 41.9. The molecule has 3 aromatic carbocycles. The van der Waals surface area contributed by atoms with Gasteiger partial charge in [0, 0.05) is 24.0 Å². The summed E-state index contributed by atoms with van der Waals surface area (Å²) in [5.41, 5.74) is 1.93. The second-order valence-corrected chi connectivity index (χ2v) is 11.3. The van der Waals surface area contributed by atoms with Crippen LogP contribution in [0.15, 0.2) is 89.9 Å². The highest BCUT2D eigenvalue weighted by Gasteiger charge is 2.30. The summed E-state index contributed by atoms with van der Waals surface area (Å²) in [7, 11) is -4.27. The molecule has 1 aliphatic rings. The minimum Gasteiger partial charge on any atom is -0.505 e. The van der Waals surface area contributed by atoms with Gasteiger partial charge in [-0.25, -0.2) is 12.8 Å². The number of phenols is 1. The molecule has 3 aromatic rings. The fraction of sp³-hybridized carbons (Fsp3) is 0.185. The van der Waals surface area contributed by atoms with Crippen molar-refractivity contribution in [2.75, 3.05) is 0 Å². The minimum atomic E-state index is -4.27. The van der Waals surface area contributed by atoms with Crippen molar-refractivity contribution in [3.8, 4) is 5.75 Å². The molecule has 2 N–H and O–H groups in total. The Kier molecular flexibility index (Phi) is 8.17. The Morgan fingerprint density at radius 3 is 2.17 bits per heavy atom. The van der Waals surface area contributed by atoms with Gasteiger partial charge in [0.25, 0.3) is 0 Å². The van der Waals surface area contributed by atoms with E-state index in [1.54, 1.807) is 24.3 Å². The van der Waals surface area contributed by atoms with Crippen LogP contribution >= 0.6 is 23.2 Å². The molecule has 0 saturated heterocycles. The lowest BCUT2D eigenvalue weighted by atomic mass is 9.90. The number of allylic oxidation sites excluding steroid dienone is 3. The monoisotopic (exact) mass is 547 g/mol. The van der Waals surface area contributed by atoms with Gasteiger partial charge < -0.3 is 10.2 Å². The summed E-state index contributed by atoms with van der Waals surface area (Å²) in [6, 6.07) is 14.9. The van der Waals surface area contributed by atoms with E-state index in [9.17, 15) is 23.0 Å². The van der Waals surface area contributed by atoms with Crippen LogP contribution in [0.2, 0.25) is 10.0 Å². The highest BCUT2D eigenvalue weighted by molar-refractivity contribution is 7.89. The Morgan fingerprint density at radius 2 is 1.58 bits per heavy atom. The van der Waals surface area contributed by atoms with Gasteiger partial charge in [-0.15, -0.1) is 0 Å². The first-order valence-corrected chi connectivity index (χ1v) is 13.4. The fourth-order valence-electron chi connectivity index (χ4n) is 4.00.